The molecule has 3 heterocycles. The molecule has 0 aliphatic carbocycles. The molecule has 8 heteroatoms. The Morgan fingerprint density at radius 1 is 1.45 bits per heavy atom. The van der Waals surface area contributed by atoms with Gasteiger partial charge in [-0.2, -0.15) is 4.98 Å². The van der Waals surface area contributed by atoms with Crippen molar-refractivity contribution in [3.05, 3.63) is 23.5 Å². The molecule has 1 aliphatic rings. The van der Waals surface area contributed by atoms with Crippen molar-refractivity contribution in [2.45, 2.75) is 39.2 Å². The number of nitrogens with zero attached hydrogens (tertiary/aromatic N) is 4. The number of aromatic nitrogens is 3. The SMILES string of the molecule is CCc1nc(C2CCCN2CC(=O)Nc2cc(C)on2)no1. The Kier molecular flexibility index (Phi) is 4.19. The molecule has 0 saturated carbocycles. The summed E-state index contributed by atoms with van der Waals surface area (Å²) in [7, 11) is 0. The molecule has 118 valence electrons. The van der Waals surface area contributed by atoms with Gasteiger partial charge in [-0.1, -0.05) is 17.2 Å². The zero-order valence-electron chi connectivity index (χ0n) is 12.7. The average Bonchev–Trinajstić information content (AvgIpc) is 3.19. The number of hydrogen-bond acceptors (Lipinski definition) is 7. The van der Waals surface area contributed by atoms with Crippen LogP contribution in [0.4, 0.5) is 5.82 Å². The molecule has 0 spiro atoms. The van der Waals surface area contributed by atoms with Gasteiger partial charge >= 0.3 is 0 Å². The Balaban J connectivity index is 1.62. The zero-order valence-corrected chi connectivity index (χ0v) is 12.7. The lowest BCUT2D eigenvalue weighted by atomic mass is 10.2. The van der Waals surface area contributed by atoms with Crippen LogP contribution in [0.3, 0.4) is 0 Å². The number of rotatable bonds is 5. The fraction of sp³-hybridized carbons (Fsp3) is 0.571. The van der Waals surface area contributed by atoms with E-state index in [2.05, 4.69) is 25.5 Å². The topological polar surface area (TPSA) is 97.3 Å². The average molecular weight is 305 g/mol. The maximum Gasteiger partial charge on any atom is 0.239 e. The highest BCUT2D eigenvalue weighted by Gasteiger charge is 2.31. The third kappa shape index (κ3) is 3.16. The van der Waals surface area contributed by atoms with E-state index in [1.165, 1.54) is 0 Å². The highest BCUT2D eigenvalue weighted by Crippen LogP contribution is 2.29. The van der Waals surface area contributed by atoms with E-state index in [9.17, 15) is 4.79 Å². The van der Waals surface area contributed by atoms with Crippen LogP contribution in [0.2, 0.25) is 0 Å². The maximum absolute atomic E-state index is 12.1. The fourth-order valence-corrected chi connectivity index (χ4v) is 2.65. The number of aryl methyl sites for hydroxylation is 2. The van der Waals surface area contributed by atoms with Crippen molar-refractivity contribution in [3.63, 3.8) is 0 Å². The third-order valence-corrected chi connectivity index (χ3v) is 3.69. The number of nitrogens with one attached hydrogen (secondary N) is 1. The monoisotopic (exact) mass is 305 g/mol. The van der Waals surface area contributed by atoms with Gasteiger partial charge in [0.05, 0.1) is 12.6 Å². The van der Waals surface area contributed by atoms with E-state index in [1.807, 2.05) is 6.92 Å². The second-order valence-electron chi connectivity index (χ2n) is 5.40. The highest BCUT2D eigenvalue weighted by atomic mass is 16.5. The molecular formula is C14H19N5O3. The van der Waals surface area contributed by atoms with Gasteiger partial charge in [-0.3, -0.25) is 9.69 Å². The van der Waals surface area contributed by atoms with Crippen LogP contribution in [0, 0.1) is 6.92 Å². The Labute approximate surface area is 127 Å². The van der Waals surface area contributed by atoms with Gasteiger partial charge in [-0.15, -0.1) is 0 Å². The Bertz CT molecular complexity index is 650. The van der Waals surface area contributed by atoms with Gasteiger partial charge < -0.3 is 14.4 Å². The van der Waals surface area contributed by atoms with Crippen molar-refractivity contribution in [1.82, 2.24) is 20.2 Å². The summed E-state index contributed by atoms with van der Waals surface area (Å²) in [4.78, 5) is 18.6. The Hall–Kier alpha value is -2.22. The first-order valence-corrected chi connectivity index (χ1v) is 7.45. The number of carbonyl (C=O) groups is 1. The van der Waals surface area contributed by atoms with Gasteiger partial charge in [0.1, 0.15) is 5.76 Å². The molecule has 22 heavy (non-hydrogen) atoms. The summed E-state index contributed by atoms with van der Waals surface area (Å²) >= 11 is 0. The molecular weight excluding hydrogens is 286 g/mol. The standard InChI is InChI=1S/C14H19N5O3/c1-3-13-16-14(18-22-13)10-5-4-6-19(10)8-12(20)15-11-7-9(2)21-17-11/h7,10H,3-6,8H2,1-2H3,(H,15,17,20). The van der Waals surface area contributed by atoms with Gasteiger partial charge in [0, 0.05) is 12.5 Å². The number of hydrogen-bond donors (Lipinski definition) is 1. The Morgan fingerprint density at radius 2 is 2.32 bits per heavy atom. The fourth-order valence-electron chi connectivity index (χ4n) is 2.65. The lowest BCUT2D eigenvalue weighted by molar-refractivity contribution is -0.117. The molecule has 1 atom stereocenters. The summed E-state index contributed by atoms with van der Waals surface area (Å²) < 4.78 is 10.1. The van der Waals surface area contributed by atoms with E-state index in [0.717, 1.165) is 19.4 Å². The minimum Gasteiger partial charge on any atom is -0.360 e. The van der Waals surface area contributed by atoms with E-state index in [0.29, 0.717) is 29.7 Å². The Morgan fingerprint density at radius 3 is 3.00 bits per heavy atom. The molecule has 1 amide bonds. The van der Waals surface area contributed by atoms with Crippen molar-refractivity contribution in [1.29, 1.82) is 0 Å². The van der Waals surface area contributed by atoms with Gasteiger partial charge in [-0.05, 0) is 26.3 Å². The quantitative estimate of drug-likeness (QED) is 0.897. The second-order valence-corrected chi connectivity index (χ2v) is 5.40. The lowest BCUT2D eigenvalue weighted by Crippen LogP contribution is -2.33. The highest BCUT2D eigenvalue weighted by molar-refractivity contribution is 5.91. The van der Waals surface area contributed by atoms with E-state index in [-0.39, 0.29) is 18.5 Å². The van der Waals surface area contributed by atoms with Crippen molar-refractivity contribution in [3.8, 4) is 0 Å². The van der Waals surface area contributed by atoms with Crippen molar-refractivity contribution >= 4 is 11.7 Å². The molecule has 1 saturated heterocycles. The van der Waals surface area contributed by atoms with E-state index < -0.39 is 0 Å². The van der Waals surface area contributed by atoms with Crippen LogP contribution in [-0.2, 0) is 11.2 Å². The maximum atomic E-state index is 12.1. The van der Waals surface area contributed by atoms with Crippen molar-refractivity contribution < 1.29 is 13.8 Å². The molecule has 2 aromatic rings. The third-order valence-electron chi connectivity index (χ3n) is 3.69. The summed E-state index contributed by atoms with van der Waals surface area (Å²) in [6.07, 6.45) is 2.65. The molecule has 2 aromatic heterocycles. The predicted octanol–water partition coefficient (Wildman–Crippen LogP) is 1.70. The molecule has 8 nitrogen and oxygen atoms in total. The summed E-state index contributed by atoms with van der Waals surface area (Å²) in [6, 6.07) is 1.72. The van der Waals surface area contributed by atoms with Crippen LogP contribution in [0.5, 0.6) is 0 Å². The molecule has 0 radical (unpaired) electrons. The van der Waals surface area contributed by atoms with Crippen LogP contribution in [0.25, 0.3) is 0 Å². The number of likely N-dealkylation sites (tertiary alicyclic amines) is 1. The zero-order chi connectivity index (χ0) is 15.5. The molecule has 3 rings (SSSR count). The first kappa shape index (κ1) is 14.7. The van der Waals surface area contributed by atoms with Gasteiger partial charge in [-0.25, -0.2) is 0 Å². The van der Waals surface area contributed by atoms with Crippen LogP contribution >= 0.6 is 0 Å². The number of amides is 1. The van der Waals surface area contributed by atoms with Crippen LogP contribution in [-0.4, -0.2) is 39.2 Å². The molecule has 0 bridgehead atoms. The molecule has 0 aromatic carbocycles. The van der Waals surface area contributed by atoms with Gasteiger partial charge in [0.15, 0.2) is 11.6 Å². The molecule has 1 fully saturated rings. The van der Waals surface area contributed by atoms with E-state index in [4.69, 9.17) is 9.05 Å². The van der Waals surface area contributed by atoms with E-state index in [1.54, 1.807) is 13.0 Å². The molecule has 1 aliphatic heterocycles. The van der Waals surface area contributed by atoms with Crippen molar-refractivity contribution in [2.24, 2.45) is 0 Å². The van der Waals surface area contributed by atoms with Gasteiger partial charge in [0.25, 0.3) is 0 Å². The summed E-state index contributed by atoms with van der Waals surface area (Å²) in [5.41, 5.74) is 0. The van der Waals surface area contributed by atoms with E-state index >= 15 is 0 Å². The number of carbonyl (C=O) groups excluding carboxylic acids is 1. The lowest BCUT2D eigenvalue weighted by Gasteiger charge is -2.20. The minimum absolute atomic E-state index is 0.0360. The van der Waals surface area contributed by atoms with Crippen LogP contribution in [0.1, 0.15) is 43.3 Å². The number of anilines is 1. The van der Waals surface area contributed by atoms with Crippen LogP contribution < -0.4 is 5.32 Å². The molecule has 1 N–H and O–H groups in total. The second kappa shape index (κ2) is 6.27. The first-order chi connectivity index (χ1) is 10.7. The normalized spacial score (nSPS) is 18.7. The molecule has 1 unspecified atom stereocenters. The van der Waals surface area contributed by atoms with Crippen LogP contribution in [0.15, 0.2) is 15.1 Å². The van der Waals surface area contributed by atoms with Crippen molar-refractivity contribution in [2.75, 3.05) is 18.4 Å². The predicted molar refractivity (Wildman–Crippen MR) is 77.1 cm³/mol. The summed E-state index contributed by atoms with van der Waals surface area (Å²) in [5.74, 6) is 2.27. The summed E-state index contributed by atoms with van der Waals surface area (Å²) in [5, 5.41) is 10.5. The smallest absolute Gasteiger partial charge is 0.239 e. The first-order valence-electron chi connectivity index (χ1n) is 7.45. The largest absolute Gasteiger partial charge is 0.360 e. The minimum atomic E-state index is -0.126. The van der Waals surface area contributed by atoms with Gasteiger partial charge in [0.2, 0.25) is 11.8 Å². The summed E-state index contributed by atoms with van der Waals surface area (Å²) in [6.45, 7) is 4.86.